The summed E-state index contributed by atoms with van der Waals surface area (Å²) in [6.07, 6.45) is 6.05. The third-order valence-electron chi connectivity index (χ3n) is 3.83. The number of carboxylic acid groups (broad SMARTS) is 1. The van der Waals surface area contributed by atoms with Crippen molar-refractivity contribution in [2.45, 2.75) is 44.9 Å². The third kappa shape index (κ3) is 5.39. The summed E-state index contributed by atoms with van der Waals surface area (Å²) < 4.78 is 5.52. The van der Waals surface area contributed by atoms with Crippen molar-refractivity contribution in [1.29, 1.82) is 0 Å². The molecule has 0 spiro atoms. The number of nitrogens with one attached hydrogen (secondary N) is 1. The maximum atomic E-state index is 11.6. The molecule has 2 N–H and O–H groups in total. The quantitative estimate of drug-likeness (QED) is 0.723. The Morgan fingerprint density at radius 1 is 1.14 bits per heavy atom. The minimum absolute atomic E-state index is 0.00226. The maximum Gasteiger partial charge on any atom is 0.303 e. The van der Waals surface area contributed by atoms with Crippen molar-refractivity contribution in [3.05, 3.63) is 29.3 Å². The highest BCUT2D eigenvalue weighted by molar-refractivity contribution is 5.77. The number of unbranched alkanes of at least 4 members (excludes halogenated alkanes) is 1. The van der Waals surface area contributed by atoms with Crippen LogP contribution in [0.15, 0.2) is 18.2 Å². The van der Waals surface area contributed by atoms with Crippen molar-refractivity contribution < 1.29 is 19.4 Å². The largest absolute Gasteiger partial charge is 0.484 e. The van der Waals surface area contributed by atoms with Gasteiger partial charge in [-0.1, -0.05) is 6.07 Å². The van der Waals surface area contributed by atoms with Gasteiger partial charge in [0.25, 0.3) is 5.91 Å². The molecule has 1 aromatic carbocycles. The highest BCUT2D eigenvalue weighted by Gasteiger charge is 2.10. The summed E-state index contributed by atoms with van der Waals surface area (Å²) in [5, 5.41) is 11.2. The SMILES string of the molecule is O=C(O)CCCCNC(=O)COc1ccc2c(c1)CCCC2. The summed E-state index contributed by atoms with van der Waals surface area (Å²) in [4.78, 5) is 22.0. The van der Waals surface area contributed by atoms with Crippen LogP contribution in [0, 0.1) is 0 Å². The average Bonchev–Trinajstić information content (AvgIpc) is 2.52. The Kier molecular flexibility index (Phi) is 6.25. The second-order valence-corrected chi connectivity index (χ2v) is 5.63. The maximum absolute atomic E-state index is 11.6. The van der Waals surface area contributed by atoms with Crippen LogP contribution in [0.5, 0.6) is 5.75 Å². The van der Waals surface area contributed by atoms with Gasteiger partial charge in [0.15, 0.2) is 6.61 Å². The molecule has 2 rings (SSSR count). The fourth-order valence-electron chi connectivity index (χ4n) is 2.63. The van der Waals surface area contributed by atoms with Gasteiger partial charge in [-0.2, -0.15) is 0 Å². The predicted molar refractivity (Wildman–Crippen MR) is 83.1 cm³/mol. The first-order chi connectivity index (χ1) is 10.6. The van der Waals surface area contributed by atoms with Gasteiger partial charge in [-0.05, 0) is 61.8 Å². The van der Waals surface area contributed by atoms with Crippen molar-refractivity contribution in [2.24, 2.45) is 0 Å². The first-order valence-electron chi connectivity index (χ1n) is 7.88. The number of ether oxygens (including phenoxy) is 1. The molecule has 1 amide bonds. The second-order valence-electron chi connectivity index (χ2n) is 5.63. The Labute approximate surface area is 130 Å². The lowest BCUT2D eigenvalue weighted by Crippen LogP contribution is -2.29. The number of carbonyl (C=O) groups is 2. The monoisotopic (exact) mass is 305 g/mol. The Balaban J connectivity index is 1.67. The lowest BCUT2D eigenvalue weighted by atomic mass is 9.92. The third-order valence-corrected chi connectivity index (χ3v) is 3.83. The molecule has 0 atom stereocenters. The number of carbonyl (C=O) groups excluding carboxylic acids is 1. The summed E-state index contributed by atoms with van der Waals surface area (Å²) in [6.45, 7) is 0.484. The van der Waals surface area contributed by atoms with Crippen LogP contribution in [0.3, 0.4) is 0 Å². The van der Waals surface area contributed by atoms with Gasteiger partial charge in [-0.25, -0.2) is 0 Å². The number of fused-ring (bicyclic) bond motifs is 1. The van der Waals surface area contributed by atoms with Crippen LogP contribution in [-0.2, 0) is 22.4 Å². The van der Waals surface area contributed by atoms with Crippen LogP contribution >= 0.6 is 0 Å². The molecule has 1 aliphatic rings. The topological polar surface area (TPSA) is 75.6 Å². The van der Waals surface area contributed by atoms with E-state index in [4.69, 9.17) is 9.84 Å². The van der Waals surface area contributed by atoms with E-state index in [2.05, 4.69) is 11.4 Å². The van der Waals surface area contributed by atoms with Crippen LogP contribution in [0.2, 0.25) is 0 Å². The van der Waals surface area contributed by atoms with Gasteiger partial charge in [0.2, 0.25) is 0 Å². The second kappa shape index (κ2) is 8.41. The average molecular weight is 305 g/mol. The first kappa shape index (κ1) is 16.3. The highest BCUT2D eigenvalue weighted by Crippen LogP contribution is 2.25. The molecule has 1 aromatic rings. The Bertz CT molecular complexity index is 527. The van der Waals surface area contributed by atoms with Crippen LogP contribution < -0.4 is 10.1 Å². The zero-order chi connectivity index (χ0) is 15.8. The molecule has 120 valence electrons. The van der Waals surface area contributed by atoms with Gasteiger partial charge < -0.3 is 15.2 Å². The van der Waals surface area contributed by atoms with Crippen LogP contribution in [-0.4, -0.2) is 30.1 Å². The molecule has 0 aliphatic heterocycles. The van der Waals surface area contributed by atoms with Crippen molar-refractivity contribution in [3.63, 3.8) is 0 Å². The van der Waals surface area contributed by atoms with E-state index in [0.29, 0.717) is 19.4 Å². The van der Waals surface area contributed by atoms with Gasteiger partial charge in [-0.3, -0.25) is 9.59 Å². The zero-order valence-electron chi connectivity index (χ0n) is 12.8. The van der Waals surface area contributed by atoms with E-state index >= 15 is 0 Å². The fraction of sp³-hybridized carbons (Fsp3) is 0.529. The summed E-state index contributed by atoms with van der Waals surface area (Å²) in [7, 11) is 0. The van der Waals surface area contributed by atoms with Crippen LogP contribution in [0.25, 0.3) is 0 Å². The standard InChI is InChI=1S/C17H23NO4/c19-16(18-10-4-3-7-17(20)21)12-22-15-9-8-13-5-1-2-6-14(13)11-15/h8-9,11H,1-7,10,12H2,(H,18,19)(H,20,21). The number of rotatable bonds is 8. The Morgan fingerprint density at radius 2 is 1.91 bits per heavy atom. The Hall–Kier alpha value is -2.04. The molecule has 0 fully saturated rings. The molecular formula is C17H23NO4. The molecule has 0 radical (unpaired) electrons. The van der Waals surface area contributed by atoms with E-state index in [9.17, 15) is 9.59 Å². The number of amides is 1. The molecule has 0 saturated carbocycles. The van der Waals surface area contributed by atoms with Crippen LogP contribution in [0.1, 0.15) is 43.2 Å². The molecule has 0 aromatic heterocycles. The van der Waals surface area contributed by atoms with Crippen molar-refractivity contribution in [1.82, 2.24) is 5.32 Å². The summed E-state index contributed by atoms with van der Waals surface area (Å²) >= 11 is 0. The normalized spacial score (nSPS) is 13.3. The van der Waals surface area contributed by atoms with Gasteiger partial charge in [0.1, 0.15) is 5.75 Å². The molecule has 22 heavy (non-hydrogen) atoms. The summed E-state index contributed by atoms with van der Waals surface area (Å²) in [5.74, 6) is -0.239. The highest BCUT2D eigenvalue weighted by atomic mass is 16.5. The van der Waals surface area contributed by atoms with Crippen molar-refractivity contribution >= 4 is 11.9 Å². The van der Waals surface area contributed by atoms with Gasteiger partial charge in [-0.15, -0.1) is 0 Å². The molecule has 1 aliphatic carbocycles. The van der Waals surface area contributed by atoms with Gasteiger partial charge in [0.05, 0.1) is 0 Å². The molecule has 0 saturated heterocycles. The minimum Gasteiger partial charge on any atom is -0.484 e. The lowest BCUT2D eigenvalue weighted by molar-refractivity contribution is -0.137. The fourth-order valence-corrected chi connectivity index (χ4v) is 2.63. The van der Waals surface area contributed by atoms with Gasteiger partial charge in [0, 0.05) is 13.0 Å². The summed E-state index contributed by atoms with van der Waals surface area (Å²) in [6, 6.07) is 6.05. The zero-order valence-corrected chi connectivity index (χ0v) is 12.8. The van der Waals surface area contributed by atoms with Crippen LogP contribution in [0.4, 0.5) is 0 Å². The van der Waals surface area contributed by atoms with E-state index in [0.717, 1.165) is 18.6 Å². The molecule has 0 unspecified atom stereocenters. The number of aliphatic carboxylic acids is 1. The first-order valence-corrected chi connectivity index (χ1v) is 7.88. The molecule has 0 bridgehead atoms. The Morgan fingerprint density at radius 3 is 2.68 bits per heavy atom. The molecule has 0 heterocycles. The van der Waals surface area contributed by atoms with E-state index in [1.807, 2.05) is 12.1 Å². The van der Waals surface area contributed by atoms with E-state index in [-0.39, 0.29) is 18.9 Å². The number of hydrogen-bond donors (Lipinski definition) is 2. The van der Waals surface area contributed by atoms with Gasteiger partial charge >= 0.3 is 5.97 Å². The van der Waals surface area contributed by atoms with Crippen molar-refractivity contribution in [2.75, 3.05) is 13.2 Å². The van der Waals surface area contributed by atoms with E-state index < -0.39 is 5.97 Å². The number of hydrogen-bond acceptors (Lipinski definition) is 3. The lowest BCUT2D eigenvalue weighted by Gasteiger charge is -2.16. The minimum atomic E-state index is -0.804. The van der Waals surface area contributed by atoms with Crippen molar-refractivity contribution in [3.8, 4) is 5.75 Å². The summed E-state index contributed by atoms with van der Waals surface area (Å²) in [5.41, 5.74) is 2.72. The number of carboxylic acids is 1. The smallest absolute Gasteiger partial charge is 0.303 e. The predicted octanol–water partition coefficient (Wildman–Crippen LogP) is 2.32. The molecular weight excluding hydrogens is 282 g/mol. The van der Waals surface area contributed by atoms with E-state index in [1.54, 1.807) is 0 Å². The molecule has 5 nitrogen and oxygen atoms in total. The molecule has 5 heteroatoms. The van der Waals surface area contributed by atoms with E-state index in [1.165, 1.54) is 24.0 Å². The number of aryl methyl sites for hydroxylation is 2. The number of benzene rings is 1.